The molecule has 22 heavy (non-hydrogen) atoms. The van der Waals surface area contributed by atoms with Crippen LogP contribution in [0, 0.1) is 5.92 Å². The standard InChI is InChI=1S/C19H23NO2/c1-14(13-16-9-5-3-6-10-16)19(22)20-15(2)18(21)17-11-7-4-8-12-17/h3-12,14-15,18,21H,13H2,1-2H3,(H,20,22)/t14-,15+,18-/m0/s1. The Labute approximate surface area is 132 Å². The highest BCUT2D eigenvalue weighted by Crippen LogP contribution is 2.17. The number of nitrogens with one attached hydrogen (secondary N) is 1. The summed E-state index contributed by atoms with van der Waals surface area (Å²) in [7, 11) is 0. The van der Waals surface area contributed by atoms with E-state index in [9.17, 15) is 9.90 Å². The van der Waals surface area contributed by atoms with Crippen molar-refractivity contribution in [3.8, 4) is 0 Å². The van der Waals surface area contributed by atoms with Crippen LogP contribution in [0.5, 0.6) is 0 Å². The summed E-state index contributed by atoms with van der Waals surface area (Å²) in [5.74, 6) is -0.167. The van der Waals surface area contributed by atoms with Gasteiger partial charge < -0.3 is 10.4 Å². The van der Waals surface area contributed by atoms with Gasteiger partial charge in [-0.3, -0.25) is 4.79 Å². The molecule has 0 saturated heterocycles. The molecule has 2 aromatic carbocycles. The molecule has 0 spiro atoms. The molecule has 0 unspecified atom stereocenters. The monoisotopic (exact) mass is 297 g/mol. The van der Waals surface area contributed by atoms with Crippen molar-refractivity contribution in [2.24, 2.45) is 5.92 Å². The van der Waals surface area contributed by atoms with Gasteiger partial charge in [0.05, 0.1) is 12.1 Å². The molecule has 3 atom stereocenters. The molecule has 3 heteroatoms. The Hall–Kier alpha value is -2.13. The normalized spacial score (nSPS) is 14.9. The van der Waals surface area contributed by atoms with Crippen molar-refractivity contribution >= 4 is 5.91 Å². The summed E-state index contributed by atoms with van der Waals surface area (Å²) in [4.78, 5) is 12.3. The lowest BCUT2D eigenvalue weighted by Gasteiger charge is -2.22. The van der Waals surface area contributed by atoms with Crippen molar-refractivity contribution in [2.45, 2.75) is 32.4 Å². The van der Waals surface area contributed by atoms with Crippen LogP contribution in [0.4, 0.5) is 0 Å². The predicted octanol–water partition coefficient (Wildman–Crippen LogP) is 3.10. The first-order valence-electron chi connectivity index (χ1n) is 7.65. The lowest BCUT2D eigenvalue weighted by Crippen LogP contribution is -2.40. The third kappa shape index (κ3) is 4.43. The number of carbonyl (C=O) groups is 1. The van der Waals surface area contributed by atoms with Crippen LogP contribution in [-0.4, -0.2) is 17.1 Å². The Bertz CT molecular complexity index is 583. The van der Waals surface area contributed by atoms with E-state index in [4.69, 9.17) is 0 Å². The van der Waals surface area contributed by atoms with Crippen molar-refractivity contribution in [1.82, 2.24) is 5.32 Å². The van der Waals surface area contributed by atoms with Gasteiger partial charge in [-0.1, -0.05) is 67.6 Å². The van der Waals surface area contributed by atoms with Crippen LogP contribution >= 0.6 is 0 Å². The third-order valence-electron chi connectivity index (χ3n) is 3.82. The Balaban J connectivity index is 1.90. The maximum Gasteiger partial charge on any atom is 0.223 e. The fraction of sp³-hybridized carbons (Fsp3) is 0.316. The van der Waals surface area contributed by atoms with E-state index in [0.29, 0.717) is 6.42 Å². The highest BCUT2D eigenvalue weighted by Gasteiger charge is 2.21. The summed E-state index contributed by atoms with van der Waals surface area (Å²) in [6, 6.07) is 19.0. The smallest absolute Gasteiger partial charge is 0.223 e. The molecular formula is C19H23NO2. The SMILES string of the molecule is C[C@@H](Cc1ccccc1)C(=O)N[C@H](C)[C@H](O)c1ccccc1. The van der Waals surface area contributed by atoms with Crippen LogP contribution in [0.15, 0.2) is 60.7 Å². The second kappa shape index (κ2) is 7.76. The number of carbonyl (C=O) groups excluding carboxylic acids is 1. The van der Waals surface area contributed by atoms with Gasteiger partial charge in [0.15, 0.2) is 0 Å². The molecule has 1 amide bonds. The lowest BCUT2D eigenvalue weighted by molar-refractivity contribution is -0.125. The number of hydrogen-bond donors (Lipinski definition) is 2. The number of hydrogen-bond acceptors (Lipinski definition) is 2. The molecule has 0 aliphatic rings. The van der Waals surface area contributed by atoms with Crippen molar-refractivity contribution in [3.05, 3.63) is 71.8 Å². The average molecular weight is 297 g/mol. The van der Waals surface area contributed by atoms with E-state index in [1.807, 2.05) is 74.5 Å². The molecule has 0 aliphatic heterocycles. The molecule has 0 heterocycles. The summed E-state index contributed by atoms with van der Waals surface area (Å²) in [6.45, 7) is 3.73. The van der Waals surface area contributed by atoms with Crippen LogP contribution < -0.4 is 5.32 Å². The first-order valence-corrected chi connectivity index (χ1v) is 7.65. The molecule has 0 saturated carbocycles. The summed E-state index contributed by atoms with van der Waals surface area (Å²) in [5.41, 5.74) is 1.95. The van der Waals surface area contributed by atoms with E-state index in [1.54, 1.807) is 0 Å². The zero-order valence-corrected chi connectivity index (χ0v) is 13.1. The zero-order chi connectivity index (χ0) is 15.9. The van der Waals surface area contributed by atoms with Gasteiger partial charge in [0.1, 0.15) is 0 Å². The topological polar surface area (TPSA) is 49.3 Å². The van der Waals surface area contributed by atoms with Gasteiger partial charge in [-0.25, -0.2) is 0 Å². The molecular weight excluding hydrogens is 274 g/mol. The highest BCUT2D eigenvalue weighted by atomic mass is 16.3. The molecule has 0 aliphatic carbocycles. The minimum Gasteiger partial charge on any atom is -0.386 e. The Morgan fingerprint density at radius 2 is 1.55 bits per heavy atom. The molecule has 0 fully saturated rings. The Morgan fingerprint density at radius 1 is 1.00 bits per heavy atom. The van der Waals surface area contributed by atoms with Crippen molar-refractivity contribution < 1.29 is 9.90 Å². The van der Waals surface area contributed by atoms with E-state index < -0.39 is 6.10 Å². The summed E-state index contributed by atoms with van der Waals surface area (Å²) in [6.07, 6.45) is -0.00467. The van der Waals surface area contributed by atoms with Gasteiger partial charge in [-0.2, -0.15) is 0 Å². The lowest BCUT2D eigenvalue weighted by atomic mass is 9.99. The molecule has 3 nitrogen and oxygen atoms in total. The maximum absolute atomic E-state index is 12.3. The van der Waals surface area contributed by atoms with Gasteiger partial charge in [0, 0.05) is 5.92 Å². The van der Waals surface area contributed by atoms with Gasteiger partial charge in [-0.05, 0) is 24.5 Å². The predicted molar refractivity (Wildman–Crippen MR) is 88.3 cm³/mol. The van der Waals surface area contributed by atoms with Crippen LogP contribution in [0.2, 0.25) is 0 Å². The van der Waals surface area contributed by atoms with Gasteiger partial charge in [0.25, 0.3) is 0 Å². The molecule has 0 aromatic heterocycles. The van der Waals surface area contributed by atoms with Crippen LogP contribution in [0.3, 0.4) is 0 Å². The van der Waals surface area contributed by atoms with Gasteiger partial charge >= 0.3 is 0 Å². The molecule has 2 rings (SSSR count). The van der Waals surface area contributed by atoms with Gasteiger partial charge in [0.2, 0.25) is 5.91 Å². The summed E-state index contributed by atoms with van der Waals surface area (Å²) in [5, 5.41) is 13.2. The second-order valence-electron chi connectivity index (χ2n) is 5.74. The molecule has 116 valence electrons. The summed E-state index contributed by atoms with van der Waals surface area (Å²) >= 11 is 0. The summed E-state index contributed by atoms with van der Waals surface area (Å²) < 4.78 is 0. The Morgan fingerprint density at radius 3 is 2.14 bits per heavy atom. The number of benzene rings is 2. The average Bonchev–Trinajstić information content (AvgIpc) is 2.55. The van der Waals surface area contributed by atoms with Gasteiger partial charge in [-0.15, -0.1) is 0 Å². The number of rotatable bonds is 6. The second-order valence-corrected chi connectivity index (χ2v) is 5.74. The van der Waals surface area contributed by atoms with Crippen LogP contribution in [0.1, 0.15) is 31.1 Å². The molecule has 2 aromatic rings. The number of amides is 1. The first kappa shape index (κ1) is 16.2. The molecule has 2 N–H and O–H groups in total. The largest absolute Gasteiger partial charge is 0.386 e. The van der Waals surface area contributed by atoms with Crippen molar-refractivity contribution in [3.63, 3.8) is 0 Å². The van der Waals surface area contributed by atoms with E-state index in [1.165, 1.54) is 0 Å². The third-order valence-corrected chi connectivity index (χ3v) is 3.82. The Kier molecular flexibility index (Phi) is 5.73. The van der Waals surface area contributed by atoms with E-state index in [0.717, 1.165) is 11.1 Å². The first-order chi connectivity index (χ1) is 10.6. The van der Waals surface area contributed by atoms with Crippen LogP contribution in [0.25, 0.3) is 0 Å². The minimum absolute atomic E-state index is 0.0358. The number of aliphatic hydroxyl groups excluding tert-OH is 1. The van der Waals surface area contributed by atoms with Crippen molar-refractivity contribution in [2.75, 3.05) is 0 Å². The maximum atomic E-state index is 12.3. The van der Waals surface area contributed by atoms with Crippen molar-refractivity contribution in [1.29, 1.82) is 0 Å². The number of aliphatic hydroxyl groups is 1. The molecule has 0 radical (unpaired) electrons. The quantitative estimate of drug-likeness (QED) is 0.860. The minimum atomic E-state index is -0.700. The zero-order valence-electron chi connectivity index (χ0n) is 13.1. The molecule has 0 bridgehead atoms. The van der Waals surface area contributed by atoms with E-state index >= 15 is 0 Å². The fourth-order valence-electron chi connectivity index (χ4n) is 2.44. The fourth-order valence-corrected chi connectivity index (χ4v) is 2.44. The van der Waals surface area contributed by atoms with E-state index in [2.05, 4.69) is 5.32 Å². The highest BCUT2D eigenvalue weighted by molar-refractivity contribution is 5.78. The van der Waals surface area contributed by atoms with Crippen LogP contribution in [-0.2, 0) is 11.2 Å². The van der Waals surface area contributed by atoms with E-state index in [-0.39, 0.29) is 17.9 Å².